The predicted octanol–water partition coefficient (Wildman–Crippen LogP) is 7.81. The number of carbonyl (C=O) groups is 4. The van der Waals surface area contributed by atoms with Crippen LogP contribution in [0, 0.1) is 0 Å². The number of unbranched alkanes of at least 4 members (excludes halogenated alkanes) is 5. The molecule has 0 radical (unpaired) electrons. The second-order valence-corrected chi connectivity index (χ2v) is 10.6. The normalized spacial score (nSPS) is 11.0. The Kier molecular flexibility index (Phi) is 16.0. The number of ether oxygens (including phenoxy) is 6. The second kappa shape index (κ2) is 20.7. The molecule has 3 rings (SSSR count). The third-order valence-corrected chi connectivity index (χ3v) is 6.87. The number of hydrogen-bond donors (Lipinski definition) is 0. The fraction of sp³-hybridized carbons (Fsp3) is 0.316. The quantitative estimate of drug-likeness (QED) is 0.0368. The van der Waals surface area contributed by atoms with Gasteiger partial charge < -0.3 is 28.4 Å². The Balaban J connectivity index is 1.41. The molecule has 0 bridgehead atoms. The lowest BCUT2D eigenvalue weighted by molar-refractivity contribution is -0.158. The minimum atomic E-state index is -0.764. The monoisotopic (exact) mass is 658 g/mol. The Labute approximate surface area is 281 Å². The zero-order chi connectivity index (χ0) is 34.6. The van der Waals surface area contributed by atoms with E-state index in [1.165, 1.54) is 24.3 Å². The maximum atomic E-state index is 12.7. The van der Waals surface area contributed by atoms with Crippen molar-refractivity contribution in [3.63, 3.8) is 0 Å². The fourth-order valence-electron chi connectivity index (χ4n) is 4.28. The molecule has 0 fully saturated rings. The highest BCUT2D eigenvalue weighted by atomic mass is 16.7. The fourth-order valence-corrected chi connectivity index (χ4v) is 4.28. The molecule has 3 aromatic rings. The maximum Gasteiger partial charge on any atom is 0.343 e. The molecule has 0 heterocycles. The summed E-state index contributed by atoms with van der Waals surface area (Å²) in [5, 5.41) is 0. The highest BCUT2D eigenvalue weighted by Gasteiger charge is 2.16. The van der Waals surface area contributed by atoms with Gasteiger partial charge in [0.05, 0.1) is 24.3 Å². The zero-order valence-electron chi connectivity index (χ0n) is 27.2. The molecule has 254 valence electrons. The van der Waals surface area contributed by atoms with Crippen LogP contribution < -0.4 is 18.9 Å². The van der Waals surface area contributed by atoms with E-state index in [9.17, 15) is 19.2 Å². The largest absolute Gasteiger partial charge is 0.494 e. The van der Waals surface area contributed by atoms with Gasteiger partial charge in [-0.1, -0.05) is 32.9 Å². The molecule has 0 aromatic heterocycles. The molecule has 10 nitrogen and oxygen atoms in total. The van der Waals surface area contributed by atoms with Crippen molar-refractivity contribution < 1.29 is 47.6 Å². The van der Waals surface area contributed by atoms with E-state index in [4.69, 9.17) is 28.4 Å². The molecule has 48 heavy (non-hydrogen) atoms. The van der Waals surface area contributed by atoms with Crippen molar-refractivity contribution in [1.29, 1.82) is 0 Å². The Morgan fingerprint density at radius 3 is 1.65 bits per heavy atom. The van der Waals surface area contributed by atoms with Crippen molar-refractivity contribution in [2.75, 3.05) is 13.2 Å². The summed E-state index contributed by atoms with van der Waals surface area (Å²) in [4.78, 5) is 48.0. The Bertz CT molecular complexity index is 1480. The minimum Gasteiger partial charge on any atom is -0.494 e. The highest BCUT2D eigenvalue weighted by molar-refractivity contribution is 5.92. The van der Waals surface area contributed by atoms with Crippen molar-refractivity contribution in [2.45, 2.75) is 64.6 Å². The van der Waals surface area contributed by atoms with Crippen LogP contribution in [0.25, 0.3) is 0 Å². The average Bonchev–Trinajstić information content (AvgIpc) is 3.10. The molecule has 1 atom stereocenters. The molecule has 0 saturated heterocycles. The lowest BCUT2D eigenvalue weighted by Crippen LogP contribution is -2.23. The van der Waals surface area contributed by atoms with E-state index in [1.807, 2.05) is 0 Å². The molecule has 0 aliphatic heterocycles. The van der Waals surface area contributed by atoms with E-state index < -0.39 is 30.2 Å². The maximum absolute atomic E-state index is 12.7. The van der Waals surface area contributed by atoms with E-state index in [0.29, 0.717) is 36.9 Å². The molecule has 10 heteroatoms. The van der Waals surface area contributed by atoms with Gasteiger partial charge >= 0.3 is 23.9 Å². The van der Waals surface area contributed by atoms with Gasteiger partial charge in [-0.15, -0.1) is 0 Å². The van der Waals surface area contributed by atoms with Crippen molar-refractivity contribution in [1.82, 2.24) is 0 Å². The number of hydrogen-bond acceptors (Lipinski definition) is 10. The Morgan fingerprint density at radius 1 is 0.604 bits per heavy atom. The van der Waals surface area contributed by atoms with Crippen LogP contribution in [0.5, 0.6) is 23.0 Å². The summed E-state index contributed by atoms with van der Waals surface area (Å²) in [6, 6.07) is 19.1. The summed E-state index contributed by atoms with van der Waals surface area (Å²) in [6.07, 6.45) is 8.34. The summed E-state index contributed by atoms with van der Waals surface area (Å²) in [6.45, 7) is 9.78. The molecule has 0 saturated carbocycles. The zero-order valence-corrected chi connectivity index (χ0v) is 27.2. The molecule has 0 N–H and O–H groups in total. The SMILES string of the molecule is C=CC(=O)OCCCCCCOc1ccc(OC(=O)c2ccc(OC(=O)c3ccc(OC(CCCCC)OC(=O)C=C)cc3)cc2)cc1. The molecule has 0 amide bonds. The van der Waals surface area contributed by atoms with Crippen molar-refractivity contribution in [2.24, 2.45) is 0 Å². The van der Waals surface area contributed by atoms with Crippen molar-refractivity contribution >= 4 is 23.9 Å². The van der Waals surface area contributed by atoms with Crippen molar-refractivity contribution in [3.8, 4) is 23.0 Å². The minimum absolute atomic E-state index is 0.252. The summed E-state index contributed by atoms with van der Waals surface area (Å²) in [5.74, 6) is -0.440. The number of carbonyl (C=O) groups excluding carboxylic acids is 4. The van der Waals surface area contributed by atoms with Gasteiger partial charge in [0.25, 0.3) is 0 Å². The van der Waals surface area contributed by atoms with Crippen LogP contribution in [-0.4, -0.2) is 43.4 Å². The van der Waals surface area contributed by atoms with E-state index in [-0.39, 0.29) is 16.9 Å². The molecule has 0 aliphatic rings. The lowest BCUT2D eigenvalue weighted by atomic mass is 10.2. The van der Waals surface area contributed by atoms with Gasteiger partial charge in [0, 0.05) is 18.6 Å². The molecule has 0 spiro atoms. The van der Waals surface area contributed by atoms with E-state index in [0.717, 1.165) is 57.1 Å². The van der Waals surface area contributed by atoms with Crippen LogP contribution in [0.3, 0.4) is 0 Å². The van der Waals surface area contributed by atoms with Gasteiger partial charge in [0.2, 0.25) is 6.29 Å². The predicted molar refractivity (Wildman–Crippen MR) is 179 cm³/mol. The molecular weight excluding hydrogens is 616 g/mol. The van der Waals surface area contributed by atoms with Crippen molar-refractivity contribution in [3.05, 3.63) is 109 Å². The van der Waals surface area contributed by atoms with E-state index in [2.05, 4.69) is 20.1 Å². The average molecular weight is 659 g/mol. The first-order valence-electron chi connectivity index (χ1n) is 16.0. The second-order valence-electron chi connectivity index (χ2n) is 10.6. The highest BCUT2D eigenvalue weighted by Crippen LogP contribution is 2.22. The van der Waals surface area contributed by atoms with Crippen LogP contribution in [-0.2, 0) is 19.1 Å². The van der Waals surface area contributed by atoms with Crippen LogP contribution in [0.4, 0.5) is 0 Å². The third-order valence-electron chi connectivity index (χ3n) is 6.87. The number of esters is 4. The summed E-state index contributed by atoms with van der Waals surface area (Å²) in [7, 11) is 0. The van der Waals surface area contributed by atoms with Gasteiger partial charge in [0.1, 0.15) is 23.0 Å². The third kappa shape index (κ3) is 13.5. The number of rotatable bonds is 21. The van der Waals surface area contributed by atoms with Gasteiger partial charge in [-0.2, -0.15) is 0 Å². The summed E-state index contributed by atoms with van der Waals surface area (Å²) < 4.78 is 32.7. The van der Waals surface area contributed by atoms with Gasteiger partial charge in [0.15, 0.2) is 0 Å². The first kappa shape index (κ1) is 37.1. The van der Waals surface area contributed by atoms with Crippen LogP contribution in [0.15, 0.2) is 98.1 Å². The standard InChI is InChI=1S/C38H42O10/c1-4-7-10-13-36(48-35(40)6-3)45-31-18-14-28(15-19-31)37(41)46-32-20-16-29(17-21-32)38(42)47-33-24-22-30(23-25-33)43-26-11-8-9-12-27-44-34(39)5-2/h5-6,14-25,36H,2-4,7-13,26-27H2,1H3. The lowest BCUT2D eigenvalue weighted by Gasteiger charge is -2.18. The van der Waals surface area contributed by atoms with Crippen LogP contribution in [0.2, 0.25) is 0 Å². The van der Waals surface area contributed by atoms with Crippen LogP contribution in [0.1, 0.15) is 79.0 Å². The summed E-state index contributed by atoms with van der Waals surface area (Å²) >= 11 is 0. The van der Waals surface area contributed by atoms with Gasteiger partial charge in [-0.05, 0) is 105 Å². The Hall–Kier alpha value is -5.38. The number of benzene rings is 3. The van der Waals surface area contributed by atoms with Gasteiger partial charge in [-0.25, -0.2) is 19.2 Å². The first-order chi connectivity index (χ1) is 23.3. The summed E-state index contributed by atoms with van der Waals surface area (Å²) in [5.41, 5.74) is 0.564. The van der Waals surface area contributed by atoms with E-state index >= 15 is 0 Å². The topological polar surface area (TPSA) is 124 Å². The molecular formula is C38H42O10. The molecule has 3 aromatic carbocycles. The smallest absolute Gasteiger partial charge is 0.343 e. The first-order valence-corrected chi connectivity index (χ1v) is 16.0. The van der Waals surface area contributed by atoms with Gasteiger partial charge in [-0.3, -0.25) is 0 Å². The van der Waals surface area contributed by atoms with E-state index in [1.54, 1.807) is 48.5 Å². The molecule has 1 unspecified atom stereocenters. The Morgan fingerprint density at radius 2 is 1.10 bits per heavy atom. The molecule has 0 aliphatic carbocycles. The van der Waals surface area contributed by atoms with Crippen LogP contribution >= 0.6 is 0 Å².